The fourth-order valence-electron chi connectivity index (χ4n) is 4.66. The summed E-state index contributed by atoms with van der Waals surface area (Å²) in [6.45, 7) is 1.31. The van der Waals surface area contributed by atoms with Gasteiger partial charge in [-0.05, 0) is 72.2 Å². The molecular weight excluding hydrogens is 366 g/mol. The summed E-state index contributed by atoms with van der Waals surface area (Å²) in [5, 5.41) is 1.09. The number of hydrogen-bond acceptors (Lipinski definition) is 4. The van der Waals surface area contributed by atoms with E-state index in [4.69, 9.17) is 13.9 Å². The molecule has 0 saturated carbocycles. The van der Waals surface area contributed by atoms with Gasteiger partial charge in [0, 0.05) is 24.0 Å². The second kappa shape index (κ2) is 7.14. The minimum atomic E-state index is 0.133. The molecule has 2 aromatic carbocycles. The van der Waals surface area contributed by atoms with E-state index >= 15 is 0 Å². The second-order valence-corrected chi connectivity index (χ2v) is 7.95. The molecule has 0 saturated heterocycles. The van der Waals surface area contributed by atoms with E-state index < -0.39 is 0 Å². The minimum absolute atomic E-state index is 0.133. The van der Waals surface area contributed by atoms with Gasteiger partial charge in [0.15, 0.2) is 11.5 Å². The molecule has 0 spiro atoms. The molecule has 0 fully saturated rings. The first-order valence-electron chi connectivity index (χ1n) is 10.2. The Bertz CT molecular complexity index is 1100. The Labute approximate surface area is 170 Å². The van der Waals surface area contributed by atoms with Crippen LogP contribution in [0.4, 0.5) is 0 Å². The molecule has 0 bridgehead atoms. The van der Waals surface area contributed by atoms with Gasteiger partial charge in [-0.25, -0.2) is 0 Å². The predicted octanol–water partition coefficient (Wildman–Crippen LogP) is 4.07. The first kappa shape index (κ1) is 18.1. The van der Waals surface area contributed by atoms with E-state index in [-0.39, 0.29) is 5.91 Å². The molecule has 1 aliphatic carbocycles. The number of rotatable bonds is 4. The third kappa shape index (κ3) is 3.15. The summed E-state index contributed by atoms with van der Waals surface area (Å²) in [6.07, 6.45) is 6.40. The van der Waals surface area contributed by atoms with Crippen molar-refractivity contribution in [2.75, 3.05) is 20.8 Å². The normalized spacial score (nSPS) is 15.3. The number of ether oxygens (including phenoxy) is 2. The maximum absolute atomic E-state index is 13.1. The van der Waals surface area contributed by atoms with Crippen LogP contribution in [0.1, 0.15) is 34.2 Å². The largest absolute Gasteiger partial charge is 0.493 e. The van der Waals surface area contributed by atoms with E-state index in [2.05, 4.69) is 12.1 Å². The quantitative estimate of drug-likeness (QED) is 0.673. The van der Waals surface area contributed by atoms with Crippen molar-refractivity contribution in [1.29, 1.82) is 0 Å². The Hall–Kier alpha value is -2.95. The van der Waals surface area contributed by atoms with Crippen molar-refractivity contribution < 1.29 is 18.7 Å². The van der Waals surface area contributed by atoms with Crippen LogP contribution in [0.15, 0.2) is 34.9 Å². The first-order valence-corrected chi connectivity index (χ1v) is 10.2. The van der Waals surface area contributed by atoms with Crippen molar-refractivity contribution >= 4 is 16.9 Å². The van der Waals surface area contributed by atoms with E-state index in [0.717, 1.165) is 47.1 Å². The number of benzene rings is 2. The molecule has 0 radical (unpaired) electrons. The Morgan fingerprint density at radius 3 is 2.41 bits per heavy atom. The maximum atomic E-state index is 13.1. The van der Waals surface area contributed by atoms with Gasteiger partial charge >= 0.3 is 0 Å². The smallest absolute Gasteiger partial charge is 0.227 e. The Morgan fingerprint density at radius 2 is 1.66 bits per heavy atom. The zero-order valence-corrected chi connectivity index (χ0v) is 16.9. The summed E-state index contributed by atoms with van der Waals surface area (Å²) in [5.41, 5.74) is 7.02. The van der Waals surface area contributed by atoms with Crippen LogP contribution in [0.5, 0.6) is 11.5 Å². The fourth-order valence-corrected chi connectivity index (χ4v) is 4.66. The SMILES string of the molecule is COc1cc2c(cc1OC)CN(C(=O)Cc1coc3cc4c(cc13)CCC4)CC2. The molecule has 0 unspecified atom stereocenters. The average Bonchev–Trinajstić information content (AvgIpc) is 3.37. The van der Waals surface area contributed by atoms with E-state index in [1.807, 2.05) is 17.0 Å². The molecule has 0 atom stereocenters. The zero-order valence-electron chi connectivity index (χ0n) is 16.9. The van der Waals surface area contributed by atoms with E-state index in [1.54, 1.807) is 20.5 Å². The van der Waals surface area contributed by atoms with Crippen LogP contribution in [0.3, 0.4) is 0 Å². The topological polar surface area (TPSA) is 51.9 Å². The summed E-state index contributed by atoms with van der Waals surface area (Å²) >= 11 is 0. The number of carbonyl (C=O) groups is 1. The van der Waals surface area contributed by atoms with Gasteiger partial charge in [-0.3, -0.25) is 4.79 Å². The first-order chi connectivity index (χ1) is 14.2. The number of methoxy groups -OCH3 is 2. The average molecular weight is 391 g/mol. The van der Waals surface area contributed by atoms with Crippen LogP contribution in [0, 0.1) is 0 Å². The molecular formula is C24H25NO4. The number of nitrogens with zero attached hydrogens (tertiary/aromatic N) is 1. The lowest BCUT2D eigenvalue weighted by Gasteiger charge is -2.29. The van der Waals surface area contributed by atoms with Gasteiger partial charge in [0.25, 0.3) is 0 Å². The van der Waals surface area contributed by atoms with Crippen LogP contribution in [0.2, 0.25) is 0 Å². The van der Waals surface area contributed by atoms with E-state index in [1.165, 1.54) is 23.1 Å². The molecule has 0 N–H and O–H groups in total. The molecule has 2 heterocycles. The lowest BCUT2D eigenvalue weighted by atomic mass is 9.98. The number of aryl methyl sites for hydroxylation is 2. The molecule has 2 aliphatic rings. The third-order valence-electron chi connectivity index (χ3n) is 6.28. The number of amides is 1. The molecule has 5 rings (SSSR count). The van der Waals surface area contributed by atoms with Crippen molar-refractivity contribution in [1.82, 2.24) is 4.90 Å². The highest BCUT2D eigenvalue weighted by molar-refractivity contribution is 5.88. The maximum Gasteiger partial charge on any atom is 0.227 e. The Morgan fingerprint density at radius 1 is 0.966 bits per heavy atom. The summed E-state index contributed by atoms with van der Waals surface area (Å²) in [4.78, 5) is 15.0. The van der Waals surface area contributed by atoms with Crippen LogP contribution >= 0.6 is 0 Å². The van der Waals surface area contributed by atoms with Crippen molar-refractivity contribution in [2.24, 2.45) is 0 Å². The Balaban J connectivity index is 1.36. The summed E-state index contributed by atoms with van der Waals surface area (Å²) < 4.78 is 16.6. The lowest BCUT2D eigenvalue weighted by Crippen LogP contribution is -2.36. The van der Waals surface area contributed by atoms with Crippen molar-refractivity contribution in [2.45, 2.75) is 38.6 Å². The standard InChI is InChI=1S/C24H25NO4/c1-27-22-10-17-6-7-25(13-18(17)11-23(22)28-2)24(26)12-19-14-29-21-9-16-5-3-4-15(16)8-20(19)21/h8-11,14H,3-7,12-13H2,1-2H3. The van der Waals surface area contributed by atoms with Crippen molar-refractivity contribution in [3.8, 4) is 11.5 Å². The molecule has 1 aromatic heterocycles. The van der Waals surface area contributed by atoms with Gasteiger partial charge in [-0.1, -0.05) is 0 Å². The molecule has 3 aromatic rings. The van der Waals surface area contributed by atoms with Crippen molar-refractivity contribution in [3.05, 3.63) is 58.3 Å². The van der Waals surface area contributed by atoms with Crippen molar-refractivity contribution in [3.63, 3.8) is 0 Å². The highest BCUT2D eigenvalue weighted by Gasteiger charge is 2.24. The number of fused-ring (bicyclic) bond motifs is 3. The number of hydrogen-bond donors (Lipinski definition) is 0. The molecule has 5 heteroatoms. The highest BCUT2D eigenvalue weighted by Crippen LogP contribution is 2.34. The monoisotopic (exact) mass is 391 g/mol. The van der Waals surface area contributed by atoms with Gasteiger partial charge in [-0.2, -0.15) is 0 Å². The Kier molecular flexibility index (Phi) is 4.46. The summed E-state index contributed by atoms with van der Waals surface area (Å²) in [6, 6.07) is 8.40. The zero-order chi connectivity index (χ0) is 20.0. The van der Waals surface area contributed by atoms with E-state index in [9.17, 15) is 4.79 Å². The highest BCUT2D eigenvalue weighted by atomic mass is 16.5. The molecule has 1 amide bonds. The summed E-state index contributed by atoms with van der Waals surface area (Å²) in [7, 11) is 3.28. The molecule has 150 valence electrons. The van der Waals surface area contributed by atoms with Crippen LogP contribution in [-0.2, 0) is 37.0 Å². The fraction of sp³-hybridized carbons (Fsp3) is 0.375. The molecule has 5 nitrogen and oxygen atoms in total. The summed E-state index contributed by atoms with van der Waals surface area (Å²) in [5.74, 6) is 1.58. The van der Waals surface area contributed by atoms with Crippen LogP contribution in [-0.4, -0.2) is 31.6 Å². The molecule has 29 heavy (non-hydrogen) atoms. The van der Waals surface area contributed by atoms with Crippen LogP contribution in [0.25, 0.3) is 11.0 Å². The van der Waals surface area contributed by atoms with Gasteiger partial charge in [0.2, 0.25) is 5.91 Å². The third-order valence-corrected chi connectivity index (χ3v) is 6.28. The molecule has 1 aliphatic heterocycles. The van der Waals surface area contributed by atoms with Gasteiger partial charge in [-0.15, -0.1) is 0 Å². The van der Waals surface area contributed by atoms with Gasteiger partial charge in [0.05, 0.1) is 26.9 Å². The number of furan rings is 1. The van der Waals surface area contributed by atoms with Crippen LogP contribution < -0.4 is 9.47 Å². The van der Waals surface area contributed by atoms with Gasteiger partial charge < -0.3 is 18.8 Å². The lowest BCUT2D eigenvalue weighted by molar-refractivity contribution is -0.131. The second-order valence-electron chi connectivity index (χ2n) is 7.95. The predicted molar refractivity (Wildman–Crippen MR) is 111 cm³/mol. The number of carbonyl (C=O) groups excluding carboxylic acids is 1. The van der Waals surface area contributed by atoms with E-state index in [0.29, 0.717) is 25.3 Å². The minimum Gasteiger partial charge on any atom is -0.493 e. The van der Waals surface area contributed by atoms with Gasteiger partial charge in [0.1, 0.15) is 5.58 Å².